The molecule has 0 unspecified atom stereocenters. The van der Waals surface area contributed by atoms with Crippen molar-refractivity contribution in [1.29, 1.82) is 0 Å². The first-order valence-electron chi connectivity index (χ1n) is 7.64. The predicted molar refractivity (Wildman–Crippen MR) is 84.5 cm³/mol. The van der Waals surface area contributed by atoms with Crippen LogP contribution in [0.4, 0.5) is 4.39 Å². The van der Waals surface area contributed by atoms with Crippen LogP contribution in [-0.2, 0) is 24.7 Å². The van der Waals surface area contributed by atoms with Gasteiger partial charge < -0.3 is 9.47 Å². The van der Waals surface area contributed by atoms with Crippen LogP contribution in [0.25, 0.3) is 0 Å². The number of ether oxygens (including phenoxy) is 2. The highest BCUT2D eigenvalue weighted by atomic mass is 19.1. The Morgan fingerprint density at radius 2 is 1.71 bits per heavy atom. The van der Waals surface area contributed by atoms with Crippen molar-refractivity contribution in [3.63, 3.8) is 0 Å². The number of carbonyl (C=O) groups is 2. The Balaban J connectivity index is 2.17. The molecule has 2 atom stereocenters. The van der Waals surface area contributed by atoms with Gasteiger partial charge >= 0.3 is 11.9 Å². The smallest absolute Gasteiger partial charge is 0.303 e. The highest BCUT2D eigenvalue weighted by Gasteiger charge is 2.49. The minimum atomic E-state index is -1.10. The molecule has 5 heteroatoms. The summed E-state index contributed by atoms with van der Waals surface area (Å²) in [5, 5.41) is 0. The highest BCUT2D eigenvalue weighted by molar-refractivity contribution is 5.69. The predicted octanol–water partition coefficient (Wildman–Crippen LogP) is 3.64. The maximum Gasteiger partial charge on any atom is 0.303 e. The summed E-state index contributed by atoms with van der Waals surface area (Å²) in [7, 11) is 0. The van der Waals surface area contributed by atoms with Gasteiger partial charge in [0.25, 0.3) is 0 Å². The number of hydrogen-bond acceptors (Lipinski definition) is 4. The molecule has 0 saturated carbocycles. The third-order valence-corrected chi connectivity index (χ3v) is 4.15. The van der Waals surface area contributed by atoms with Gasteiger partial charge in [-0.15, -0.1) is 0 Å². The number of esters is 2. The molecule has 4 nitrogen and oxygen atoms in total. The van der Waals surface area contributed by atoms with Crippen molar-refractivity contribution in [2.45, 2.75) is 32.0 Å². The first-order chi connectivity index (χ1) is 11.4. The lowest BCUT2D eigenvalue weighted by atomic mass is 9.87. The molecule has 124 valence electrons. The molecule has 1 aliphatic carbocycles. The summed E-state index contributed by atoms with van der Waals surface area (Å²) in [6.07, 6.45) is -0.264. The van der Waals surface area contributed by atoms with Crippen LogP contribution < -0.4 is 0 Å². The zero-order valence-corrected chi connectivity index (χ0v) is 13.4. The van der Waals surface area contributed by atoms with Crippen molar-refractivity contribution < 1.29 is 23.5 Å². The van der Waals surface area contributed by atoms with Gasteiger partial charge in [0.15, 0.2) is 5.60 Å². The molecule has 0 aromatic heterocycles. The zero-order valence-electron chi connectivity index (χ0n) is 13.4. The quantitative estimate of drug-likeness (QED) is 0.807. The second kappa shape index (κ2) is 6.07. The van der Waals surface area contributed by atoms with E-state index in [9.17, 15) is 14.0 Å². The molecule has 1 aliphatic rings. The first-order valence-corrected chi connectivity index (χ1v) is 7.64. The molecule has 3 rings (SSSR count). The van der Waals surface area contributed by atoms with Gasteiger partial charge in [-0.3, -0.25) is 9.59 Å². The normalized spacial score (nSPS) is 21.9. The summed E-state index contributed by atoms with van der Waals surface area (Å²) in [5.74, 6) is -1.25. The largest absolute Gasteiger partial charge is 0.457 e. The molecule has 0 spiro atoms. The van der Waals surface area contributed by atoms with E-state index in [0.717, 1.165) is 11.1 Å². The molecule has 0 N–H and O–H groups in total. The summed E-state index contributed by atoms with van der Waals surface area (Å²) in [6, 6.07) is 13.2. The fourth-order valence-electron chi connectivity index (χ4n) is 3.33. The topological polar surface area (TPSA) is 52.6 Å². The van der Waals surface area contributed by atoms with Crippen molar-refractivity contribution >= 4 is 11.9 Å². The molecule has 2 aromatic carbocycles. The van der Waals surface area contributed by atoms with E-state index in [1.54, 1.807) is 12.1 Å². The van der Waals surface area contributed by atoms with Crippen molar-refractivity contribution in [3.05, 3.63) is 71.0 Å². The van der Waals surface area contributed by atoms with Crippen LogP contribution in [0.5, 0.6) is 0 Å². The molecule has 0 radical (unpaired) electrons. The number of benzene rings is 2. The van der Waals surface area contributed by atoms with Gasteiger partial charge in [-0.2, -0.15) is 0 Å². The lowest BCUT2D eigenvalue weighted by molar-refractivity contribution is -0.158. The highest BCUT2D eigenvalue weighted by Crippen LogP contribution is 2.51. The number of carbonyl (C=O) groups excluding carboxylic acids is 2. The number of halogens is 1. The van der Waals surface area contributed by atoms with Crippen molar-refractivity contribution in [2.24, 2.45) is 0 Å². The molecular formula is C19H17FO4. The minimum Gasteiger partial charge on any atom is -0.457 e. The summed E-state index contributed by atoms with van der Waals surface area (Å²) >= 11 is 0. The van der Waals surface area contributed by atoms with Crippen LogP contribution in [0, 0.1) is 5.82 Å². The first kappa shape index (κ1) is 16.2. The standard InChI is InChI=1S/C19H17FO4/c1-12(21)23-18-11-19(24-13(2)22,14-7-9-15(20)10-8-14)17-6-4-3-5-16(17)18/h3-10,18H,11H2,1-2H3/t18-,19-/m0/s1. The van der Waals surface area contributed by atoms with Gasteiger partial charge in [-0.25, -0.2) is 4.39 Å². The summed E-state index contributed by atoms with van der Waals surface area (Å²) in [4.78, 5) is 23.2. The lowest BCUT2D eigenvalue weighted by Gasteiger charge is -2.30. The van der Waals surface area contributed by atoms with Crippen LogP contribution in [0.3, 0.4) is 0 Å². The van der Waals surface area contributed by atoms with E-state index in [0.29, 0.717) is 5.56 Å². The van der Waals surface area contributed by atoms with E-state index in [4.69, 9.17) is 9.47 Å². The summed E-state index contributed by atoms with van der Waals surface area (Å²) in [5.41, 5.74) is 1.08. The molecule has 0 saturated heterocycles. The van der Waals surface area contributed by atoms with Crippen molar-refractivity contribution in [1.82, 2.24) is 0 Å². The zero-order chi connectivity index (χ0) is 17.3. The monoisotopic (exact) mass is 328 g/mol. The van der Waals surface area contributed by atoms with E-state index < -0.39 is 23.6 Å². The van der Waals surface area contributed by atoms with Crippen LogP contribution in [0.2, 0.25) is 0 Å². The average Bonchev–Trinajstić information content (AvgIpc) is 2.82. The van der Waals surface area contributed by atoms with Crippen LogP contribution in [0.15, 0.2) is 48.5 Å². The maximum absolute atomic E-state index is 13.3. The Bertz CT molecular complexity index is 784. The van der Waals surface area contributed by atoms with E-state index in [2.05, 4.69) is 0 Å². The van der Waals surface area contributed by atoms with Gasteiger partial charge in [0.05, 0.1) is 0 Å². The second-order valence-corrected chi connectivity index (χ2v) is 5.82. The molecule has 0 aliphatic heterocycles. The molecule has 2 aromatic rings. The Labute approximate surface area is 139 Å². The molecule has 0 fully saturated rings. The second-order valence-electron chi connectivity index (χ2n) is 5.82. The molecule has 0 amide bonds. The van der Waals surface area contributed by atoms with Crippen molar-refractivity contribution in [3.8, 4) is 0 Å². The average molecular weight is 328 g/mol. The Morgan fingerprint density at radius 3 is 2.33 bits per heavy atom. The summed E-state index contributed by atoms with van der Waals surface area (Å²) < 4.78 is 24.5. The van der Waals surface area contributed by atoms with Crippen LogP contribution >= 0.6 is 0 Å². The maximum atomic E-state index is 13.3. The fraction of sp³-hybridized carbons (Fsp3) is 0.263. The van der Waals surface area contributed by atoms with Crippen LogP contribution in [0.1, 0.15) is 43.1 Å². The number of rotatable bonds is 3. The molecule has 24 heavy (non-hydrogen) atoms. The van der Waals surface area contributed by atoms with E-state index in [-0.39, 0.29) is 12.2 Å². The van der Waals surface area contributed by atoms with E-state index in [1.807, 2.05) is 24.3 Å². The minimum absolute atomic E-state index is 0.261. The van der Waals surface area contributed by atoms with Gasteiger partial charge in [-0.05, 0) is 12.1 Å². The number of hydrogen-bond donors (Lipinski definition) is 0. The fourth-order valence-corrected chi connectivity index (χ4v) is 3.33. The van der Waals surface area contributed by atoms with Gasteiger partial charge in [0.1, 0.15) is 11.9 Å². The Morgan fingerprint density at radius 1 is 1.04 bits per heavy atom. The van der Waals surface area contributed by atoms with Crippen LogP contribution in [-0.4, -0.2) is 11.9 Å². The number of fused-ring (bicyclic) bond motifs is 1. The Kier molecular flexibility index (Phi) is 4.09. The van der Waals surface area contributed by atoms with E-state index >= 15 is 0 Å². The third-order valence-electron chi connectivity index (χ3n) is 4.15. The summed E-state index contributed by atoms with van der Waals surface area (Å²) in [6.45, 7) is 2.67. The molecule has 0 heterocycles. The Hall–Kier alpha value is -2.69. The van der Waals surface area contributed by atoms with Gasteiger partial charge in [0, 0.05) is 37.0 Å². The van der Waals surface area contributed by atoms with Gasteiger partial charge in [-0.1, -0.05) is 36.4 Å². The SMILES string of the molecule is CC(=O)O[C@H]1C[C@](OC(C)=O)(c2ccc(F)cc2)c2ccccc21. The van der Waals surface area contributed by atoms with E-state index in [1.165, 1.54) is 26.0 Å². The lowest BCUT2D eigenvalue weighted by Crippen LogP contribution is -2.31. The van der Waals surface area contributed by atoms with Crippen molar-refractivity contribution in [2.75, 3.05) is 0 Å². The molecule has 0 bridgehead atoms. The molecular weight excluding hydrogens is 311 g/mol. The third kappa shape index (κ3) is 2.77. The van der Waals surface area contributed by atoms with Gasteiger partial charge in [0.2, 0.25) is 0 Å².